The zero-order valence-electron chi connectivity index (χ0n) is 11.4. The Bertz CT molecular complexity index is 435. The van der Waals surface area contributed by atoms with Crippen molar-refractivity contribution in [2.45, 2.75) is 25.4 Å². The highest BCUT2D eigenvalue weighted by atomic mass is 16.5. The van der Waals surface area contributed by atoms with E-state index in [-0.39, 0.29) is 23.5 Å². The third kappa shape index (κ3) is 4.43. The van der Waals surface area contributed by atoms with Crippen LogP contribution in [0.1, 0.15) is 29.8 Å². The molecule has 1 saturated heterocycles. The molecule has 1 atom stereocenters. The van der Waals surface area contributed by atoms with Crippen LogP contribution >= 0.6 is 0 Å². The van der Waals surface area contributed by atoms with Crippen molar-refractivity contribution in [2.24, 2.45) is 0 Å². The maximum Gasteiger partial charge on any atom is 0.273 e. The van der Waals surface area contributed by atoms with Crippen LogP contribution in [0.2, 0.25) is 0 Å². The summed E-state index contributed by atoms with van der Waals surface area (Å²) in [5.74, 6) is -0.172. The van der Waals surface area contributed by atoms with Gasteiger partial charge in [-0.1, -0.05) is 0 Å². The number of carbonyl (C=O) groups excluding carboxylic acids is 1. The number of nitrogens with zero attached hydrogens (tertiary/aromatic N) is 2. The zero-order valence-corrected chi connectivity index (χ0v) is 11.4. The van der Waals surface area contributed by atoms with E-state index in [1.807, 2.05) is 0 Å². The zero-order chi connectivity index (χ0) is 14.2. The lowest BCUT2D eigenvalue weighted by Crippen LogP contribution is -2.27. The van der Waals surface area contributed by atoms with Gasteiger partial charge in [0.1, 0.15) is 0 Å². The average Bonchev–Trinajstić information content (AvgIpc) is 2.96. The van der Waals surface area contributed by atoms with Crippen molar-refractivity contribution < 1.29 is 14.3 Å². The van der Waals surface area contributed by atoms with Crippen molar-refractivity contribution in [3.63, 3.8) is 0 Å². The topological polar surface area (TPSA) is 99.4 Å². The summed E-state index contributed by atoms with van der Waals surface area (Å²) in [7, 11) is 0. The highest BCUT2D eigenvalue weighted by Gasteiger charge is 2.15. The molecule has 0 saturated carbocycles. The fraction of sp³-hybridized carbons (Fsp3) is 0.615. The van der Waals surface area contributed by atoms with Gasteiger partial charge in [0.15, 0.2) is 11.5 Å². The molecule has 1 amide bonds. The number of nitrogens with one attached hydrogen (secondary N) is 1. The van der Waals surface area contributed by atoms with Crippen molar-refractivity contribution in [1.29, 1.82) is 0 Å². The van der Waals surface area contributed by atoms with Gasteiger partial charge < -0.3 is 20.5 Å². The van der Waals surface area contributed by atoms with Crippen molar-refractivity contribution >= 4 is 11.7 Å². The summed E-state index contributed by atoms with van der Waals surface area (Å²) < 4.78 is 10.9. The fourth-order valence-electron chi connectivity index (χ4n) is 1.97. The number of carbonyl (C=O) groups is 1. The van der Waals surface area contributed by atoms with Crippen LogP contribution in [-0.2, 0) is 9.47 Å². The lowest BCUT2D eigenvalue weighted by Gasteiger charge is -2.10. The Kier molecular flexibility index (Phi) is 5.69. The maximum absolute atomic E-state index is 11.8. The smallest absolute Gasteiger partial charge is 0.273 e. The summed E-state index contributed by atoms with van der Waals surface area (Å²) in [6.07, 6.45) is 6.05. The van der Waals surface area contributed by atoms with E-state index in [9.17, 15) is 4.79 Å². The molecule has 1 aromatic heterocycles. The van der Waals surface area contributed by atoms with Crippen LogP contribution in [0.25, 0.3) is 0 Å². The molecule has 0 spiro atoms. The minimum absolute atomic E-state index is 0.139. The maximum atomic E-state index is 11.8. The Morgan fingerprint density at radius 3 is 3.10 bits per heavy atom. The monoisotopic (exact) mass is 280 g/mol. The lowest BCUT2D eigenvalue weighted by atomic mass is 10.2. The first-order chi connectivity index (χ1) is 9.77. The van der Waals surface area contributed by atoms with Gasteiger partial charge in [-0.2, -0.15) is 0 Å². The van der Waals surface area contributed by atoms with E-state index in [2.05, 4.69) is 15.3 Å². The van der Waals surface area contributed by atoms with Gasteiger partial charge in [-0.15, -0.1) is 0 Å². The van der Waals surface area contributed by atoms with E-state index < -0.39 is 0 Å². The molecule has 0 aromatic carbocycles. The van der Waals surface area contributed by atoms with E-state index in [1.165, 1.54) is 12.4 Å². The van der Waals surface area contributed by atoms with Gasteiger partial charge in [0, 0.05) is 32.2 Å². The SMILES string of the molecule is Nc1nccnc1C(=O)NCCCOC[C@H]1CCCO1. The number of amides is 1. The van der Waals surface area contributed by atoms with Crippen molar-refractivity contribution in [1.82, 2.24) is 15.3 Å². The lowest BCUT2D eigenvalue weighted by molar-refractivity contribution is 0.0166. The van der Waals surface area contributed by atoms with E-state index in [4.69, 9.17) is 15.2 Å². The van der Waals surface area contributed by atoms with E-state index in [0.29, 0.717) is 19.8 Å². The quantitative estimate of drug-likeness (QED) is 0.700. The highest BCUT2D eigenvalue weighted by molar-refractivity contribution is 5.96. The van der Waals surface area contributed by atoms with Crippen molar-refractivity contribution in [3.8, 4) is 0 Å². The molecule has 7 nitrogen and oxygen atoms in total. The molecule has 1 aliphatic heterocycles. The Balaban J connectivity index is 1.56. The largest absolute Gasteiger partial charge is 0.382 e. The number of rotatable bonds is 7. The summed E-state index contributed by atoms with van der Waals surface area (Å²) in [4.78, 5) is 19.5. The standard InChI is InChI=1S/C13H20N4O3/c14-12-11(15-5-6-16-12)13(18)17-4-2-7-19-9-10-3-1-8-20-10/h5-6,10H,1-4,7-9H2,(H2,14,16)(H,17,18)/t10-/m1/s1. The van der Waals surface area contributed by atoms with Crippen LogP contribution in [0.15, 0.2) is 12.4 Å². The van der Waals surface area contributed by atoms with Crippen LogP contribution in [0.5, 0.6) is 0 Å². The number of nitrogens with two attached hydrogens (primary N) is 1. The predicted molar refractivity (Wildman–Crippen MR) is 73.2 cm³/mol. The van der Waals surface area contributed by atoms with Crippen molar-refractivity contribution in [2.75, 3.05) is 32.1 Å². The van der Waals surface area contributed by atoms with E-state index in [0.717, 1.165) is 25.9 Å². The van der Waals surface area contributed by atoms with Crippen molar-refractivity contribution in [3.05, 3.63) is 18.1 Å². The van der Waals surface area contributed by atoms with Gasteiger partial charge in [-0.25, -0.2) is 9.97 Å². The third-order valence-corrected chi connectivity index (χ3v) is 3.02. The minimum atomic E-state index is -0.310. The molecule has 110 valence electrons. The van der Waals surface area contributed by atoms with Gasteiger partial charge >= 0.3 is 0 Å². The molecule has 0 unspecified atom stereocenters. The molecular formula is C13H20N4O3. The van der Waals surface area contributed by atoms with Gasteiger partial charge in [0.05, 0.1) is 12.7 Å². The second-order valence-electron chi connectivity index (χ2n) is 4.61. The van der Waals surface area contributed by atoms with Gasteiger partial charge in [-0.05, 0) is 19.3 Å². The Morgan fingerprint density at radius 2 is 2.35 bits per heavy atom. The average molecular weight is 280 g/mol. The summed E-state index contributed by atoms with van der Waals surface area (Å²) in [5, 5.41) is 2.74. The van der Waals surface area contributed by atoms with Crippen LogP contribution < -0.4 is 11.1 Å². The number of ether oxygens (including phenoxy) is 2. The Hall–Kier alpha value is -1.73. The van der Waals surface area contributed by atoms with E-state index in [1.54, 1.807) is 0 Å². The van der Waals surface area contributed by atoms with E-state index >= 15 is 0 Å². The number of aromatic nitrogens is 2. The molecule has 1 aromatic rings. The number of anilines is 1. The Morgan fingerprint density at radius 1 is 1.50 bits per heavy atom. The number of hydrogen-bond acceptors (Lipinski definition) is 6. The van der Waals surface area contributed by atoms with Gasteiger partial charge in [0.25, 0.3) is 5.91 Å². The molecule has 7 heteroatoms. The summed E-state index contributed by atoms with van der Waals surface area (Å²) >= 11 is 0. The fourth-order valence-corrected chi connectivity index (χ4v) is 1.97. The molecule has 3 N–H and O–H groups in total. The first-order valence-corrected chi connectivity index (χ1v) is 6.81. The molecule has 20 heavy (non-hydrogen) atoms. The van der Waals surface area contributed by atoms with Crippen LogP contribution in [0.4, 0.5) is 5.82 Å². The third-order valence-electron chi connectivity index (χ3n) is 3.02. The van der Waals surface area contributed by atoms with Gasteiger partial charge in [0.2, 0.25) is 0 Å². The highest BCUT2D eigenvalue weighted by Crippen LogP contribution is 2.11. The molecule has 1 aliphatic rings. The molecule has 2 heterocycles. The molecule has 0 bridgehead atoms. The first-order valence-electron chi connectivity index (χ1n) is 6.81. The number of hydrogen-bond donors (Lipinski definition) is 2. The molecule has 0 radical (unpaired) electrons. The number of nitrogen functional groups attached to an aromatic ring is 1. The van der Waals surface area contributed by atoms with Crippen LogP contribution in [-0.4, -0.2) is 48.3 Å². The molecule has 0 aliphatic carbocycles. The second-order valence-corrected chi connectivity index (χ2v) is 4.61. The molecular weight excluding hydrogens is 260 g/mol. The predicted octanol–water partition coefficient (Wildman–Crippen LogP) is 0.374. The second kappa shape index (κ2) is 7.76. The van der Waals surface area contributed by atoms with Crippen LogP contribution in [0, 0.1) is 0 Å². The summed E-state index contributed by atoms with van der Waals surface area (Å²) in [6.45, 7) is 2.57. The molecule has 1 fully saturated rings. The summed E-state index contributed by atoms with van der Waals surface area (Å²) in [5.41, 5.74) is 5.73. The van der Waals surface area contributed by atoms with Gasteiger partial charge in [-0.3, -0.25) is 4.79 Å². The Labute approximate surface area is 117 Å². The minimum Gasteiger partial charge on any atom is -0.382 e. The molecule has 2 rings (SSSR count). The summed E-state index contributed by atoms with van der Waals surface area (Å²) in [6, 6.07) is 0. The first kappa shape index (κ1) is 14.7. The normalized spacial score (nSPS) is 18.1. The van der Waals surface area contributed by atoms with Crippen LogP contribution in [0.3, 0.4) is 0 Å².